The second-order valence-corrected chi connectivity index (χ2v) is 4.51. The van der Waals surface area contributed by atoms with E-state index in [2.05, 4.69) is 9.47 Å². The number of ether oxygens (including phenoxy) is 2. The summed E-state index contributed by atoms with van der Waals surface area (Å²) in [5.41, 5.74) is 1.82. The Morgan fingerprint density at radius 1 is 1.00 bits per heavy atom. The summed E-state index contributed by atoms with van der Waals surface area (Å²) in [6.07, 6.45) is 0.112. The fourth-order valence-electron chi connectivity index (χ4n) is 1.76. The number of carbonyl (C=O) groups is 3. The van der Waals surface area contributed by atoms with Gasteiger partial charge < -0.3 is 14.4 Å². The van der Waals surface area contributed by atoms with E-state index in [1.165, 1.54) is 14.2 Å². The van der Waals surface area contributed by atoms with Crippen molar-refractivity contribution in [1.82, 2.24) is 4.90 Å². The topological polar surface area (TPSA) is 72.9 Å². The van der Waals surface area contributed by atoms with Crippen LogP contribution in [0.15, 0.2) is 24.3 Å². The quantitative estimate of drug-likeness (QED) is 0.722. The average molecular weight is 293 g/mol. The zero-order valence-corrected chi connectivity index (χ0v) is 12.4. The minimum atomic E-state index is -0.586. The molecule has 0 atom stereocenters. The van der Waals surface area contributed by atoms with Gasteiger partial charge >= 0.3 is 11.9 Å². The second-order valence-electron chi connectivity index (χ2n) is 4.51. The maximum absolute atomic E-state index is 12.3. The van der Waals surface area contributed by atoms with Gasteiger partial charge in [-0.25, -0.2) is 0 Å². The molecule has 0 aliphatic heterocycles. The van der Waals surface area contributed by atoms with Crippen LogP contribution in [0.1, 0.15) is 11.1 Å². The van der Waals surface area contributed by atoms with Crippen LogP contribution in [0, 0.1) is 6.92 Å². The largest absolute Gasteiger partial charge is 0.468 e. The number of aryl methyl sites for hydroxylation is 1. The number of amides is 1. The molecule has 0 aromatic heterocycles. The molecule has 0 radical (unpaired) electrons. The predicted molar refractivity (Wildman–Crippen MR) is 75.5 cm³/mol. The smallest absolute Gasteiger partial charge is 0.325 e. The number of hydrogen-bond acceptors (Lipinski definition) is 5. The van der Waals surface area contributed by atoms with Crippen molar-refractivity contribution in [3.8, 4) is 0 Å². The van der Waals surface area contributed by atoms with Gasteiger partial charge in [-0.1, -0.05) is 24.3 Å². The summed E-state index contributed by atoms with van der Waals surface area (Å²) in [6, 6.07) is 7.44. The molecule has 0 fully saturated rings. The normalized spacial score (nSPS) is 9.86. The molecule has 0 saturated carbocycles. The van der Waals surface area contributed by atoms with Crippen LogP contribution in [0.3, 0.4) is 0 Å². The zero-order valence-electron chi connectivity index (χ0n) is 12.4. The molecule has 21 heavy (non-hydrogen) atoms. The lowest BCUT2D eigenvalue weighted by atomic mass is 10.1. The molecule has 6 heteroatoms. The van der Waals surface area contributed by atoms with Crippen LogP contribution < -0.4 is 0 Å². The Bertz CT molecular complexity index is 509. The van der Waals surface area contributed by atoms with Gasteiger partial charge in [-0.2, -0.15) is 0 Å². The van der Waals surface area contributed by atoms with Crippen LogP contribution in [0.5, 0.6) is 0 Å². The highest BCUT2D eigenvalue weighted by Gasteiger charge is 2.21. The van der Waals surface area contributed by atoms with Crippen molar-refractivity contribution in [3.63, 3.8) is 0 Å². The Morgan fingerprint density at radius 2 is 1.52 bits per heavy atom. The molecule has 1 amide bonds. The predicted octanol–water partition coefficient (Wildman–Crippen LogP) is 0.712. The third-order valence-corrected chi connectivity index (χ3v) is 3.05. The van der Waals surface area contributed by atoms with Gasteiger partial charge in [-0.05, 0) is 18.1 Å². The van der Waals surface area contributed by atoms with Crippen molar-refractivity contribution in [1.29, 1.82) is 0 Å². The molecule has 6 nitrogen and oxygen atoms in total. The summed E-state index contributed by atoms with van der Waals surface area (Å²) >= 11 is 0. The van der Waals surface area contributed by atoms with Gasteiger partial charge in [0.25, 0.3) is 0 Å². The Morgan fingerprint density at radius 3 is 2.00 bits per heavy atom. The molecule has 0 saturated heterocycles. The first kappa shape index (κ1) is 16.7. The van der Waals surface area contributed by atoms with Crippen LogP contribution in [0.25, 0.3) is 0 Å². The first-order valence-electron chi connectivity index (χ1n) is 6.43. The highest BCUT2D eigenvalue weighted by Crippen LogP contribution is 2.09. The van der Waals surface area contributed by atoms with Crippen LogP contribution in [-0.2, 0) is 30.3 Å². The first-order chi connectivity index (χ1) is 9.97. The number of nitrogens with zero attached hydrogens (tertiary/aromatic N) is 1. The summed E-state index contributed by atoms with van der Waals surface area (Å²) in [4.78, 5) is 36.1. The zero-order chi connectivity index (χ0) is 15.8. The molecular formula is C15H19NO5. The van der Waals surface area contributed by atoms with E-state index in [9.17, 15) is 14.4 Å². The number of carbonyl (C=O) groups excluding carboxylic acids is 3. The Balaban J connectivity index is 2.81. The maximum Gasteiger partial charge on any atom is 0.325 e. The highest BCUT2D eigenvalue weighted by atomic mass is 16.5. The summed E-state index contributed by atoms with van der Waals surface area (Å²) in [5.74, 6) is -1.51. The first-order valence-corrected chi connectivity index (χ1v) is 6.43. The van der Waals surface area contributed by atoms with Crippen molar-refractivity contribution in [2.24, 2.45) is 0 Å². The molecule has 1 aromatic carbocycles. The fourth-order valence-corrected chi connectivity index (χ4v) is 1.76. The second kappa shape index (κ2) is 8.04. The monoisotopic (exact) mass is 293 g/mol. The van der Waals surface area contributed by atoms with Crippen molar-refractivity contribution in [2.45, 2.75) is 13.3 Å². The number of rotatable bonds is 6. The summed E-state index contributed by atoms with van der Waals surface area (Å²) < 4.78 is 9.07. The summed E-state index contributed by atoms with van der Waals surface area (Å²) in [7, 11) is 2.45. The van der Waals surface area contributed by atoms with Gasteiger partial charge in [0.15, 0.2) is 0 Å². The lowest BCUT2D eigenvalue weighted by Gasteiger charge is -2.20. The van der Waals surface area contributed by atoms with E-state index in [1.54, 1.807) is 0 Å². The van der Waals surface area contributed by atoms with Gasteiger partial charge in [-0.15, -0.1) is 0 Å². The fraction of sp³-hybridized carbons (Fsp3) is 0.400. The van der Waals surface area contributed by atoms with Crippen LogP contribution in [-0.4, -0.2) is 50.1 Å². The summed E-state index contributed by atoms with van der Waals surface area (Å²) in [5, 5.41) is 0. The molecule has 0 heterocycles. The lowest BCUT2D eigenvalue weighted by molar-refractivity contribution is -0.151. The molecule has 0 unspecified atom stereocenters. The molecule has 0 aliphatic carbocycles. The van der Waals surface area contributed by atoms with Gasteiger partial charge in [0, 0.05) is 0 Å². The van der Waals surface area contributed by atoms with Gasteiger partial charge in [0.05, 0.1) is 20.6 Å². The SMILES string of the molecule is COC(=O)CN(CC(=O)OC)C(=O)Cc1ccccc1C. The number of methoxy groups -OCH3 is 2. The molecule has 0 spiro atoms. The van der Waals surface area contributed by atoms with Crippen LogP contribution >= 0.6 is 0 Å². The average Bonchev–Trinajstić information content (AvgIpc) is 2.48. The van der Waals surface area contributed by atoms with E-state index in [0.29, 0.717) is 0 Å². The molecule has 0 N–H and O–H groups in total. The Kier molecular flexibility index (Phi) is 6.39. The summed E-state index contributed by atoms with van der Waals surface area (Å²) in [6.45, 7) is 1.33. The number of benzene rings is 1. The Labute approximate surface area is 123 Å². The highest BCUT2D eigenvalue weighted by molar-refractivity contribution is 5.87. The van der Waals surface area contributed by atoms with Gasteiger partial charge in [0.2, 0.25) is 5.91 Å². The third-order valence-electron chi connectivity index (χ3n) is 3.05. The number of hydrogen-bond donors (Lipinski definition) is 0. The molecule has 1 aromatic rings. The van der Waals surface area contributed by atoms with E-state index in [0.717, 1.165) is 16.0 Å². The Hall–Kier alpha value is -2.37. The van der Waals surface area contributed by atoms with Gasteiger partial charge in [-0.3, -0.25) is 14.4 Å². The molecule has 0 bridgehead atoms. The van der Waals surface area contributed by atoms with Crippen LogP contribution in [0.2, 0.25) is 0 Å². The number of esters is 2. The van der Waals surface area contributed by atoms with Gasteiger partial charge in [0.1, 0.15) is 13.1 Å². The molecule has 114 valence electrons. The lowest BCUT2D eigenvalue weighted by Crippen LogP contribution is -2.41. The van der Waals surface area contributed by atoms with E-state index >= 15 is 0 Å². The third kappa shape index (κ3) is 5.25. The standard InChI is InChI=1S/C15H19NO5/c1-11-6-4-5-7-12(11)8-13(17)16(9-14(18)20-2)10-15(19)21-3/h4-7H,8-10H2,1-3H3. The van der Waals surface area contributed by atoms with Crippen molar-refractivity contribution >= 4 is 17.8 Å². The minimum Gasteiger partial charge on any atom is -0.468 e. The van der Waals surface area contributed by atoms with E-state index in [-0.39, 0.29) is 25.4 Å². The van der Waals surface area contributed by atoms with Crippen molar-refractivity contribution in [2.75, 3.05) is 27.3 Å². The molecule has 0 aliphatic rings. The molecular weight excluding hydrogens is 274 g/mol. The van der Waals surface area contributed by atoms with Crippen molar-refractivity contribution < 1.29 is 23.9 Å². The van der Waals surface area contributed by atoms with Crippen molar-refractivity contribution in [3.05, 3.63) is 35.4 Å². The molecule has 1 rings (SSSR count). The maximum atomic E-state index is 12.3. The van der Waals surface area contributed by atoms with E-state index < -0.39 is 11.9 Å². The van der Waals surface area contributed by atoms with Crippen LogP contribution in [0.4, 0.5) is 0 Å². The van der Waals surface area contributed by atoms with E-state index in [4.69, 9.17) is 0 Å². The minimum absolute atomic E-state index is 0.112. The van der Waals surface area contributed by atoms with E-state index in [1.807, 2.05) is 31.2 Å².